The standard InChI is InChI=1S/C22H32ClN5O.HI/c1-4-19-18(21(5-2)29-27-19)14-25-22(24-3)26-15-20(28-11-6-7-12-28)16-9-8-10-17(23)13-16;/h8-10,13,20H,4-7,11-12,14-15H2,1-3H3,(H2,24,25,26);1H. The van der Waals surface area contributed by atoms with E-state index in [1.165, 1.54) is 18.4 Å². The number of hydrogen-bond acceptors (Lipinski definition) is 4. The summed E-state index contributed by atoms with van der Waals surface area (Å²) in [5, 5.41) is 11.9. The Morgan fingerprint density at radius 1 is 1.23 bits per heavy atom. The highest BCUT2D eigenvalue weighted by Crippen LogP contribution is 2.26. The van der Waals surface area contributed by atoms with Crippen LogP contribution in [0.5, 0.6) is 0 Å². The average molecular weight is 546 g/mol. The molecule has 3 rings (SSSR count). The summed E-state index contributed by atoms with van der Waals surface area (Å²) in [5.74, 6) is 1.72. The van der Waals surface area contributed by atoms with Crippen molar-refractivity contribution in [3.63, 3.8) is 0 Å². The van der Waals surface area contributed by atoms with Crippen molar-refractivity contribution in [1.29, 1.82) is 0 Å². The van der Waals surface area contributed by atoms with E-state index >= 15 is 0 Å². The van der Waals surface area contributed by atoms with E-state index in [0.29, 0.717) is 6.54 Å². The number of aliphatic imine (C=N–C) groups is 1. The summed E-state index contributed by atoms with van der Waals surface area (Å²) >= 11 is 6.26. The number of aromatic nitrogens is 1. The third-order valence-electron chi connectivity index (χ3n) is 5.54. The molecule has 0 saturated carbocycles. The molecule has 6 nitrogen and oxygen atoms in total. The van der Waals surface area contributed by atoms with Crippen LogP contribution in [-0.2, 0) is 19.4 Å². The molecule has 1 fully saturated rings. The van der Waals surface area contributed by atoms with Gasteiger partial charge in [0.2, 0.25) is 0 Å². The topological polar surface area (TPSA) is 65.7 Å². The predicted octanol–water partition coefficient (Wildman–Crippen LogP) is 4.57. The van der Waals surface area contributed by atoms with Gasteiger partial charge in [0.1, 0.15) is 5.76 Å². The zero-order chi connectivity index (χ0) is 20.6. The summed E-state index contributed by atoms with van der Waals surface area (Å²) in [5.41, 5.74) is 3.39. The number of nitrogens with one attached hydrogen (secondary N) is 2. The van der Waals surface area contributed by atoms with Crippen molar-refractivity contribution in [3.05, 3.63) is 51.9 Å². The molecule has 0 amide bonds. The molecule has 2 aromatic rings. The molecule has 1 atom stereocenters. The molecular formula is C22H33ClIN5O. The van der Waals surface area contributed by atoms with Crippen molar-refractivity contribution in [2.24, 2.45) is 4.99 Å². The second-order valence-electron chi connectivity index (χ2n) is 7.36. The molecule has 1 aromatic carbocycles. The highest BCUT2D eigenvalue weighted by molar-refractivity contribution is 14.0. The lowest BCUT2D eigenvalue weighted by Crippen LogP contribution is -2.42. The van der Waals surface area contributed by atoms with Crippen LogP contribution in [0.1, 0.15) is 55.3 Å². The maximum absolute atomic E-state index is 6.26. The first kappa shape index (κ1) is 24.9. The second-order valence-corrected chi connectivity index (χ2v) is 7.80. The van der Waals surface area contributed by atoms with Gasteiger partial charge >= 0.3 is 0 Å². The predicted molar refractivity (Wildman–Crippen MR) is 134 cm³/mol. The van der Waals surface area contributed by atoms with E-state index in [0.717, 1.165) is 60.5 Å². The van der Waals surface area contributed by atoms with Crippen LogP contribution in [0.4, 0.5) is 0 Å². The van der Waals surface area contributed by atoms with Crippen molar-refractivity contribution >= 4 is 41.5 Å². The van der Waals surface area contributed by atoms with Gasteiger partial charge in [-0.3, -0.25) is 9.89 Å². The molecule has 1 saturated heterocycles. The Morgan fingerprint density at radius 2 is 2.00 bits per heavy atom. The van der Waals surface area contributed by atoms with E-state index < -0.39 is 0 Å². The smallest absolute Gasteiger partial charge is 0.191 e. The number of benzene rings is 1. The second kappa shape index (κ2) is 12.5. The molecular weight excluding hydrogens is 513 g/mol. The number of rotatable bonds is 8. The molecule has 0 aliphatic carbocycles. The molecule has 30 heavy (non-hydrogen) atoms. The van der Waals surface area contributed by atoms with Crippen LogP contribution >= 0.6 is 35.6 Å². The number of nitrogens with zero attached hydrogens (tertiary/aromatic N) is 3. The van der Waals surface area contributed by atoms with Crippen molar-refractivity contribution < 1.29 is 4.52 Å². The van der Waals surface area contributed by atoms with Gasteiger partial charge in [-0.15, -0.1) is 24.0 Å². The van der Waals surface area contributed by atoms with Crippen molar-refractivity contribution in [1.82, 2.24) is 20.7 Å². The molecule has 166 valence electrons. The van der Waals surface area contributed by atoms with Crippen LogP contribution in [0.2, 0.25) is 5.02 Å². The first-order valence-corrected chi connectivity index (χ1v) is 10.9. The SMILES string of the molecule is CCc1noc(CC)c1CNC(=NC)NCC(c1cccc(Cl)c1)N1CCCC1.I. The first-order valence-electron chi connectivity index (χ1n) is 10.6. The summed E-state index contributed by atoms with van der Waals surface area (Å²) in [4.78, 5) is 6.93. The Balaban J connectivity index is 0.00000320. The fourth-order valence-electron chi connectivity index (χ4n) is 3.95. The Labute approximate surface area is 201 Å². The number of likely N-dealkylation sites (tertiary alicyclic amines) is 1. The molecule has 2 N–H and O–H groups in total. The molecule has 1 aliphatic heterocycles. The van der Waals surface area contributed by atoms with Gasteiger partial charge in [-0.25, -0.2) is 0 Å². The quantitative estimate of drug-likeness (QED) is 0.289. The van der Waals surface area contributed by atoms with Gasteiger partial charge in [-0.2, -0.15) is 0 Å². The lowest BCUT2D eigenvalue weighted by atomic mass is 10.1. The minimum Gasteiger partial charge on any atom is -0.361 e. The zero-order valence-corrected chi connectivity index (χ0v) is 21.2. The Morgan fingerprint density at radius 3 is 2.63 bits per heavy atom. The van der Waals surface area contributed by atoms with Gasteiger partial charge in [0.15, 0.2) is 5.96 Å². The highest BCUT2D eigenvalue weighted by Gasteiger charge is 2.24. The van der Waals surface area contributed by atoms with Crippen LogP contribution in [0, 0.1) is 0 Å². The van der Waals surface area contributed by atoms with E-state index in [1.807, 2.05) is 12.1 Å². The van der Waals surface area contributed by atoms with Crippen LogP contribution in [0.3, 0.4) is 0 Å². The molecule has 8 heteroatoms. The van der Waals surface area contributed by atoms with Gasteiger partial charge in [0.05, 0.1) is 11.7 Å². The highest BCUT2D eigenvalue weighted by atomic mass is 127. The minimum atomic E-state index is 0. The maximum atomic E-state index is 6.26. The first-order chi connectivity index (χ1) is 14.2. The Kier molecular flexibility index (Phi) is 10.4. The van der Waals surface area contributed by atoms with Crippen LogP contribution < -0.4 is 10.6 Å². The third-order valence-corrected chi connectivity index (χ3v) is 5.78. The van der Waals surface area contributed by atoms with Crippen LogP contribution in [0.15, 0.2) is 33.8 Å². The van der Waals surface area contributed by atoms with Crippen molar-refractivity contribution in [2.45, 2.75) is 52.1 Å². The fourth-order valence-corrected chi connectivity index (χ4v) is 4.15. The van der Waals surface area contributed by atoms with Crippen molar-refractivity contribution in [2.75, 3.05) is 26.7 Å². The molecule has 0 radical (unpaired) electrons. The van der Waals surface area contributed by atoms with Gasteiger partial charge in [-0.05, 0) is 50.0 Å². The number of aryl methyl sites for hydroxylation is 2. The zero-order valence-electron chi connectivity index (χ0n) is 18.1. The van der Waals surface area contributed by atoms with Gasteiger partial charge < -0.3 is 15.2 Å². The number of halogens is 2. The minimum absolute atomic E-state index is 0. The van der Waals surface area contributed by atoms with Crippen molar-refractivity contribution in [3.8, 4) is 0 Å². The molecule has 1 unspecified atom stereocenters. The van der Waals surface area contributed by atoms with E-state index in [2.05, 4.69) is 51.7 Å². The maximum Gasteiger partial charge on any atom is 0.191 e. The van der Waals surface area contributed by atoms with Gasteiger partial charge in [0.25, 0.3) is 0 Å². The summed E-state index contributed by atoms with van der Waals surface area (Å²) in [6, 6.07) is 8.45. The third kappa shape index (κ3) is 6.34. The summed E-state index contributed by atoms with van der Waals surface area (Å²) in [6.07, 6.45) is 4.19. The van der Waals surface area contributed by atoms with Crippen LogP contribution in [-0.4, -0.2) is 42.7 Å². The summed E-state index contributed by atoms with van der Waals surface area (Å²) in [7, 11) is 1.80. The van der Waals surface area contributed by atoms with Gasteiger partial charge in [-0.1, -0.05) is 42.7 Å². The number of guanidine groups is 1. The molecule has 0 bridgehead atoms. The lowest BCUT2D eigenvalue weighted by molar-refractivity contribution is 0.245. The Hall–Kier alpha value is -1.32. The molecule has 2 heterocycles. The largest absolute Gasteiger partial charge is 0.361 e. The number of hydrogen-bond donors (Lipinski definition) is 2. The molecule has 1 aliphatic rings. The van der Waals surface area contributed by atoms with E-state index in [-0.39, 0.29) is 30.0 Å². The fraction of sp³-hybridized carbons (Fsp3) is 0.545. The molecule has 0 spiro atoms. The normalized spacial score (nSPS) is 15.7. The van der Waals surface area contributed by atoms with E-state index in [1.54, 1.807) is 7.05 Å². The summed E-state index contributed by atoms with van der Waals surface area (Å²) < 4.78 is 5.47. The van der Waals surface area contributed by atoms with E-state index in [9.17, 15) is 0 Å². The van der Waals surface area contributed by atoms with Gasteiger partial charge in [0, 0.05) is 37.1 Å². The molecule has 1 aromatic heterocycles. The van der Waals surface area contributed by atoms with E-state index in [4.69, 9.17) is 16.1 Å². The monoisotopic (exact) mass is 545 g/mol. The lowest BCUT2D eigenvalue weighted by Gasteiger charge is -2.29. The Bertz CT molecular complexity index is 798. The summed E-state index contributed by atoms with van der Waals surface area (Å²) in [6.45, 7) is 7.84. The van der Waals surface area contributed by atoms with Crippen LogP contribution in [0.25, 0.3) is 0 Å². The average Bonchev–Trinajstić information content (AvgIpc) is 3.40.